The van der Waals surface area contributed by atoms with Crippen LogP contribution in [-0.2, 0) is 89.5 Å². The SMILES string of the molecule is CCC(C)[C@@H]1NC(=O)[C@@H]2C[C@@H](O)CN2C(=O)[C@H](CC(=O)OC)CC(=O)[C@@H]2CSc3[nH]c4ccc(CC(=O)CCC(=O)N(CCN5C(=O)C=CC5=O)CCN5C(=O)C=CC5=O)cc4c3C[C@H](CC1=O)C(=O)NCC(=O)N[C@@H]([C@@H](C)CC)C(=O)NCC(=O)N2. The fraction of sp³-hybridized carbons (Fsp3) is 0.542. The molecule has 7 rings (SSSR count). The van der Waals surface area contributed by atoms with E-state index in [1.54, 1.807) is 45.9 Å². The van der Waals surface area contributed by atoms with Gasteiger partial charge in [0.1, 0.15) is 17.9 Å². The van der Waals surface area contributed by atoms with E-state index in [1.165, 1.54) is 4.90 Å². The van der Waals surface area contributed by atoms with Gasteiger partial charge >= 0.3 is 5.97 Å². The molecule has 1 unspecified atom stereocenters. The first-order valence-corrected chi connectivity index (χ1v) is 30.1. The lowest BCUT2D eigenvalue weighted by Gasteiger charge is -2.31. The number of benzene rings is 1. The topological polar surface area (TPSA) is 374 Å². The van der Waals surface area contributed by atoms with Crippen molar-refractivity contribution in [2.45, 2.75) is 127 Å². The third kappa shape index (κ3) is 16.8. The first kappa shape index (κ1) is 66.1. The number of aromatic amines is 1. The number of thioether (sulfide) groups is 1. The van der Waals surface area contributed by atoms with Crippen molar-refractivity contribution in [2.24, 2.45) is 23.7 Å². The minimum atomic E-state index is -1.49. The molecule has 468 valence electrons. The standard InChI is InChI=1S/C59H74N10O17S/c1-6-31(3)53-44(73)23-34-22-39-38-21-33(20-36(70)9-11-47(76)66(16-18-67-48(77)12-13-49(67)78)17-19-68-50(79)14-15-51(68)80)8-10-40(38)63-58(39)87-30-41(62-45(74)27-61-57(84)54(32(4)7-2)64-46(75)28-60-55(34)82)43(72)24-35(25-52(81)86-5)59(85)69-29-37(71)26-42(69)56(83)65-53/h8,10,12-15,21,31-32,34-35,37,41-42,53-54,63,71H,6-7,9,11,16-20,22-30H2,1-5H3,(H,60,82)(H,61,84)(H,62,74)(H,64,75)(H,65,83)/t31?,32-,34+,35-,37+,41-,42-,53-,54-/m0/s1. The number of carbonyl (C=O) groups excluding carboxylic acids is 15. The lowest BCUT2D eigenvalue weighted by molar-refractivity contribution is -0.149. The molecule has 0 aliphatic carbocycles. The van der Waals surface area contributed by atoms with Crippen molar-refractivity contribution < 1.29 is 81.8 Å². The number of aliphatic hydroxyl groups is 1. The number of ether oxygens (including phenoxy) is 1. The largest absolute Gasteiger partial charge is 0.469 e. The lowest BCUT2D eigenvalue weighted by atomic mass is 9.86. The van der Waals surface area contributed by atoms with Crippen LogP contribution < -0.4 is 26.6 Å². The van der Waals surface area contributed by atoms with Gasteiger partial charge in [-0.3, -0.25) is 81.7 Å². The molecular weight excluding hydrogens is 1150 g/mol. The number of amides is 11. The molecule has 7 N–H and O–H groups in total. The van der Waals surface area contributed by atoms with Gasteiger partial charge in [-0.2, -0.15) is 0 Å². The Bertz CT molecular complexity index is 3090. The smallest absolute Gasteiger partial charge is 0.306 e. The van der Waals surface area contributed by atoms with Gasteiger partial charge in [-0.05, 0) is 41.5 Å². The van der Waals surface area contributed by atoms with Crippen molar-refractivity contribution in [1.29, 1.82) is 0 Å². The van der Waals surface area contributed by atoms with Gasteiger partial charge in [-0.25, -0.2) is 0 Å². The third-order valence-corrected chi connectivity index (χ3v) is 17.6. The maximum Gasteiger partial charge on any atom is 0.306 e. The predicted octanol–water partition coefficient (Wildman–Crippen LogP) is -1.15. The Morgan fingerprint density at radius 1 is 0.724 bits per heavy atom. The second kappa shape index (κ2) is 29.8. The highest BCUT2D eigenvalue weighted by molar-refractivity contribution is 7.99. The number of nitrogens with zero attached hydrogens (tertiary/aromatic N) is 4. The molecule has 9 atom stereocenters. The Kier molecular flexibility index (Phi) is 22.7. The van der Waals surface area contributed by atoms with E-state index in [0.29, 0.717) is 39.9 Å². The molecule has 27 nitrogen and oxygen atoms in total. The van der Waals surface area contributed by atoms with E-state index in [2.05, 4.69) is 31.6 Å². The number of methoxy groups -OCH3 is 1. The molecule has 5 aliphatic rings. The van der Waals surface area contributed by atoms with E-state index < -0.39 is 175 Å². The molecule has 0 saturated carbocycles. The summed E-state index contributed by atoms with van der Waals surface area (Å²) in [5.41, 5.74) is 1.28. The lowest BCUT2D eigenvalue weighted by Crippen LogP contribution is -2.55. The van der Waals surface area contributed by atoms with Crippen LogP contribution >= 0.6 is 11.8 Å². The van der Waals surface area contributed by atoms with Crippen molar-refractivity contribution in [3.63, 3.8) is 0 Å². The van der Waals surface area contributed by atoms with Gasteiger partial charge in [0.15, 0.2) is 11.6 Å². The highest BCUT2D eigenvalue weighted by atomic mass is 32.2. The van der Waals surface area contributed by atoms with Crippen LogP contribution in [0, 0.1) is 23.7 Å². The average Bonchev–Trinajstić information content (AvgIpc) is 3.66. The van der Waals surface area contributed by atoms with Crippen LogP contribution in [0.25, 0.3) is 10.9 Å². The van der Waals surface area contributed by atoms with Crippen molar-refractivity contribution in [2.75, 3.05) is 58.7 Å². The average molecular weight is 1230 g/mol. The van der Waals surface area contributed by atoms with Crippen molar-refractivity contribution in [3.8, 4) is 0 Å². The van der Waals surface area contributed by atoms with Crippen molar-refractivity contribution in [1.82, 2.24) is 51.2 Å². The summed E-state index contributed by atoms with van der Waals surface area (Å²) < 4.78 is 4.91. The number of Topliss-reactive ketones (excluding diaryl/α,β-unsaturated/α-hetero) is 3. The highest BCUT2D eigenvalue weighted by Crippen LogP contribution is 2.35. The number of hydrogen-bond donors (Lipinski definition) is 7. The van der Waals surface area contributed by atoms with Crippen LogP contribution in [0.3, 0.4) is 0 Å². The van der Waals surface area contributed by atoms with E-state index in [1.807, 2.05) is 0 Å². The minimum absolute atomic E-state index is 0.161. The van der Waals surface area contributed by atoms with Gasteiger partial charge in [-0.1, -0.05) is 46.6 Å². The normalized spacial score (nSPS) is 24.5. The number of H-pyrrole nitrogens is 1. The summed E-state index contributed by atoms with van der Waals surface area (Å²) in [7, 11) is 1.08. The van der Waals surface area contributed by atoms with Crippen LogP contribution in [-0.4, -0.2) is 207 Å². The van der Waals surface area contributed by atoms with Gasteiger partial charge in [0.05, 0.1) is 55.8 Å². The summed E-state index contributed by atoms with van der Waals surface area (Å²) in [6.45, 7) is 4.53. The summed E-state index contributed by atoms with van der Waals surface area (Å²) in [4.78, 5) is 212. The summed E-state index contributed by atoms with van der Waals surface area (Å²) >= 11 is 1.02. The maximum absolute atomic E-state index is 14.9. The first-order valence-electron chi connectivity index (χ1n) is 29.1. The second-order valence-corrected chi connectivity index (χ2v) is 23.5. The zero-order valence-corrected chi connectivity index (χ0v) is 50.0. The van der Waals surface area contributed by atoms with Gasteiger partial charge in [0.2, 0.25) is 41.4 Å². The highest BCUT2D eigenvalue weighted by Gasteiger charge is 2.45. The van der Waals surface area contributed by atoms with Crippen LogP contribution in [0.2, 0.25) is 0 Å². The summed E-state index contributed by atoms with van der Waals surface area (Å²) in [5.74, 6) is -14.5. The molecule has 2 aromatic rings. The summed E-state index contributed by atoms with van der Waals surface area (Å²) in [6.07, 6.45) is 0.604. The fourth-order valence-electron chi connectivity index (χ4n) is 11.0. The third-order valence-electron chi connectivity index (χ3n) is 16.5. The molecule has 1 aromatic heterocycles. The van der Waals surface area contributed by atoms with Gasteiger partial charge in [0, 0.05) is 118 Å². The molecule has 2 bridgehead atoms. The molecular formula is C59H74N10O17S. The molecule has 1 fully saturated rings. The Morgan fingerprint density at radius 2 is 1.32 bits per heavy atom. The molecule has 5 aliphatic heterocycles. The number of carbonyl (C=O) groups is 15. The molecule has 87 heavy (non-hydrogen) atoms. The minimum Gasteiger partial charge on any atom is -0.469 e. The van der Waals surface area contributed by atoms with E-state index in [9.17, 15) is 77.0 Å². The number of ketones is 3. The van der Waals surface area contributed by atoms with Crippen LogP contribution in [0.1, 0.15) is 90.2 Å². The molecule has 0 spiro atoms. The van der Waals surface area contributed by atoms with Crippen LogP contribution in [0.5, 0.6) is 0 Å². The summed E-state index contributed by atoms with van der Waals surface area (Å²) in [6, 6.07) is -0.346. The quantitative estimate of drug-likeness (QED) is 0.0727. The number of hydrogen-bond acceptors (Lipinski definition) is 18. The Hall–Kier alpha value is -8.40. The number of imide groups is 2. The number of aliphatic hydroxyl groups excluding tert-OH is 1. The van der Waals surface area contributed by atoms with Gasteiger partial charge < -0.3 is 51.2 Å². The Morgan fingerprint density at radius 3 is 1.93 bits per heavy atom. The van der Waals surface area contributed by atoms with E-state index in [-0.39, 0.29) is 70.6 Å². The molecule has 0 radical (unpaired) electrons. The summed E-state index contributed by atoms with van der Waals surface area (Å²) in [5, 5.41) is 24.9. The van der Waals surface area contributed by atoms with Gasteiger partial charge in [0.25, 0.3) is 23.6 Å². The zero-order valence-electron chi connectivity index (χ0n) is 49.1. The van der Waals surface area contributed by atoms with Crippen LogP contribution in [0.15, 0.2) is 47.5 Å². The second-order valence-electron chi connectivity index (χ2n) is 22.5. The molecule has 28 heteroatoms. The molecule has 11 amide bonds. The predicted molar refractivity (Wildman–Crippen MR) is 309 cm³/mol. The van der Waals surface area contributed by atoms with Crippen LogP contribution in [0.4, 0.5) is 0 Å². The first-order chi connectivity index (χ1) is 41.4. The van der Waals surface area contributed by atoms with Crippen molar-refractivity contribution in [3.05, 3.63) is 53.6 Å². The molecule has 1 saturated heterocycles. The van der Waals surface area contributed by atoms with E-state index >= 15 is 0 Å². The number of esters is 1. The monoisotopic (exact) mass is 1230 g/mol. The number of aromatic nitrogens is 1. The van der Waals surface area contributed by atoms with Crippen molar-refractivity contribution >= 4 is 111 Å². The number of rotatable bonds is 17. The Labute approximate surface area is 505 Å². The Balaban J connectivity index is 1.26. The molecule has 6 heterocycles. The van der Waals surface area contributed by atoms with E-state index in [0.717, 1.165) is 57.9 Å². The zero-order chi connectivity index (χ0) is 63.4. The van der Waals surface area contributed by atoms with Gasteiger partial charge in [-0.15, -0.1) is 11.8 Å². The maximum atomic E-state index is 14.9. The molecule has 1 aromatic carbocycles. The number of fused-ring (bicyclic) bond motifs is 5. The van der Waals surface area contributed by atoms with E-state index in [4.69, 9.17) is 4.74 Å². The number of nitrogens with one attached hydrogen (secondary N) is 6. The fourth-order valence-corrected chi connectivity index (χ4v) is 12.2.